The van der Waals surface area contributed by atoms with Gasteiger partial charge in [-0.3, -0.25) is 0 Å². The maximum absolute atomic E-state index is 4.33. The smallest absolute Gasteiger partial charge is 0.0907 e. The zero-order chi connectivity index (χ0) is 9.68. The second kappa shape index (κ2) is 4.94. The van der Waals surface area contributed by atoms with Gasteiger partial charge in [0, 0.05) is 14.2 Å². The van der Waals surface area contributed by atoms with E-state index in [4.69, 9.17) is 0 Å². The molecular weight excluding hydrogens is 182 g/mol. The number of para-hydroxylation sites is 1. The predicted octanol–water partition coefficient (Wildman–Crippen LogP) is 2.87. The number of aryl methyl sites for hydroxylation is 1. The summed E-state index contributed by atoms with van der Waals surface area (Å²) in [4.78, 5) is 4.33. The molecule has 0 aliphatic heterocycles. The fourth-order valence-electron chi connectivity index (χ4n) is 0.987. The Hall–Kier alpha value is -0.930. The fraction of sp³-hybridized carbons (Fsp3) is 0.300. The van der Waals surface area contributed by atoms with Gasteiger partial charge in [-0.1, -0.05) is 12.1 Å². The molecule has 0 atom stereocenters. The molecule has 0 saturated carbocycles. The van der Waals surface area contributed by atoms with Crippen molar-refractivity contribution in [3.8, 4) is 0 Å². The maximum atomic E-state index is 4.33. The molecule has 0 unspecified atom stereocenters. The number of hydrogen-bond acceptors (Lipinski definition) is 3. The van der Waals surface area contributed by atoms with E-state index in [1.165, 1.54) is 4.70 Å². The number of methoxy groups -OCH3 is 1. The third-order valence-corrected chi connectivity index (χ3v) is 2.35. The van der Waals surface area contributed by atoms with Gasteiger partial charge in [-0.05, 0) is 19.1 Å². The van der Waals surface area contributed by atoms with Gasteiger partial charge >= 0.3 is 0 Å². The zero-order valence-corrected chi connectivity index (χ0v) is 8.89. The number of hydrogen-bond donors (Lipinski definition) is 0. The molecule has 0 N–H and O–H groups in total. The first-order valence-electron chi connectivity index (χ1n) is 4.00. The highest BCUT2D eigenvalue weighted by Crippen LogP contribution is 2.19. The highest BCUT2D eigenvalue weighted by atomic mass is 32.1. The molecule has 70 valence electrons. The molecule has 0 radical (unpaired) electrons. The van der Waals surface area contributed by atoms with E-state index in [1.807, 2.05) is 25.1 Å². The van der Waals surface area contributed by atoms with Crippen LogP contribution in [0.2, 0.25) is 0 Å². The highest BCUT2D eigenvalue weighted by molar-refractivity contribution is 7.18. The lowest BCUT2D eigenvalue weighted by Crippen LogP contribution is -1.65. The summed E-state index contributed by atoms with van der Waals surface area (Å²) in [5, 5.41) is 1.14. The Morgan fingerprint density at radius 2 is 1.85 bits per heavy atom. The van der Waals surface area contributed by atoms with Crippen molar-refractivity contribution in [1.82, 2.24) is 4.98 Å². The summed E-state index contributed by atoms with van der Waals surface area (Å²) in [5.74, 6) is 0. The number of benzene rings is 1. The van der Waals surface area contributed by atoms with Crippen LogP contribution in [0.15, 0.2) is 24.3 Å². The molecule has 1 aromatic heterocycles. The number of fused-ring (bicyclic) bond motifs is 1. The van der Waals surface area contributed by atoms with Gasteiger partial charge in [0.05, 0.1) is 15.2 Å². The van der Waals surface area contributed by atoms with Crippen molar-refractivity contribution in [3.05, 3.63) is 29.3 Å². The maximum Gasteiger partial charge on any atom is 0.0907 e. The quantitative estimate of drug-likeness (QED) is 0.645. The van der Waals surface area contributed by atoms with E-state index in [0.29, 0.717) is 0 Å². The van der Waals surface area contributed by atoms with Crippen molar-refractivity contribution in [2.75, 3.05) is 14.2 Å². The minimum absolute atomic E-state index is 1.12. The molecule has 1 aromatic carbocycles. The van der Waals surface area contributed by atoms with E-state index in [-0.39, 0.29) is 0 Å². The second-order valence-corrected chi connectivity index (χ2v) is 3.84. The number of aromatic nitrogens is 1. The SMILES string of the molecule is COC.Cc1nc2ccccc2s1. The molecule has 0 saturated heterocycles. The Morgan fingerprint density at radius 3 is 2.46 bits per heavy atom. The van der Waals surface area contributed by atoms with Crippen LogP contribution in [0.1, 0.15) is 5.01 Å². The van der Waals surface area contributed by atoms with Gasteiger partial charge in [0.1, 0.15) is 0 Å². The summed E-state index contributed by atoms with van der Waals surface area (Å²) in [5.41, 5.74) is 1.12. The molecular formula is C10H13NOS. The number of nitrogens with zero attached hydrogens (tertiary/aromatic N) is 1. The summed E-state index contributed by atoms with van der Waals surface area (Å²) in [7, 11) is 3.25. The van der Waals surface area contributed by atoms with Crippen molar-refractivity contribution in [1.29, 1.82) is 0 Å². The predicted molar refractivity (Wildman–Crippen MR) is 57.3 cm³/mol. The monoisotopic (exact) mass is 195 g/mol. The Labute approximate surface area is 82.2 Å². The fourth-order valence-corrected chi connectivity index (χ4v) is 1.81. The lowest BCUT2D eigenvalue weighted by atomic mass is 10.3. The molecule has 0 aliphatic rings. The molecule has 0 fully saturated rings. The first-order valence-corrected chi connectivity index (χ1v) is 4.82. The minimum atomic E-state index is 1.12. The third kappa shape index (κ3) is 2.79. The van der Waals surface area contributed by atoms with E-state index in [9.17, 15) is 0 Å². The Balaban J connectivity index is 0.000000251. The Kier molecular flexibility index (Phi) is 3.86. The van der Waals surface area contributed by atoms with E-state index < -0.39 is 0 Å². The standard InChI is InChI=1S/C8H7NS.C2H6O/c1-6-9-7-4-2-3-5-8(7)10-6;1-3-2/h2-5H,1H3;1-2H3. The normalized spacial score (nSPS) is 9.46. The first kappa shape index (κ1) is 10.2. The topological polar surface area (TPSA) is 22.1 Å². The Morgan fingerprint density at radius 1 is 1.23 bits per heavy atom. The van der Waals surface area contributed by atoms with E-state index in [1.54, 1.807) is 25.6 Å². The molecule has 0 bridgehead atoms. The highest BCUT2D eigenvalue weighted by Gasteiger charge is 1.95. The van der Waals surface area contributed by atoms with E-state index in [2.05, 4.69) is 15.8 Å². The molecule has 13 heavy (non-hydrogen) atoms. The van der Waals surface area contributed by atoms with E-state index in [0.717, 1.165) is 10.5 Å². The molecule has 2 rings (SSSR count). The minimum Gasteiger partial charge on any atom is -0.388 e. The molecule has 3 heteroatoms. The molecule has 0 aliphatic carbocycles. The van der Waals surface area contributed by atoms with Crippen LogP contribution in [-0.2, 0) is 4.74 Å². The van der Waals surface area contributed by atoms with Gasteiger partial charge in [0.2, 0.25) is 0 Å². The van der Waals surface area contributed by atoms with Crippen LogP contribution in [0.25, 0.3) is 10.2 Å². The Bertz CT molecular complexity index is 337. The zero-order valence-electron chi connectivity index (χ0n) is 8.07. The molecule has 0 spiro atoms. The van der Waals surface area contributed by atoms with Crippen LogP contribution in [0, 0.1) is 6.92 Å². The van der Waals surface area contributed by atoms with Crippen LogP contribution in [0.3, 0.4) is 0 Å². The summed E-state index contributed by atoms with van der Waals surface area (Å²) in [6, 6.07) is 8.19. The van der Waals surface area contributed by atoms with Gasteiger partial charge in [0.25, 0.3) is 0 Å². The van der Waals surface area contributed by atoms with Crippen LogP contribution in [-0.4, -0.2) is 19.2 Å². The number of rotatable bonds is 0. The second-order valence-electron chi connectivity index (χ2n) is 2.61. The summed E-state index contributed by atoms with van der Waals surface area (Å²) in [6.45, 7) is 2.03. The van der Waals surface area contributed by atoms with Crippen LogP contribution in [0.4, 0.5) is 0 Å². The molecule has 2 nitrogen and oxygen atoms in total. The van der Waals surface area contributed by atoms with Crippen LogP contribution < -0.4 is 0 Å². The van der Waals surface area contributed by atoms with Gasteiger partial charge in [-0.15, -0.1) is 11.3 Å². The van der Waals surface area contributed by atoms with Crippen molar-refractivity contribution in [2.24, 2.45) is 0 Å². The number of ether oxygens (including phenoxy) is 1. The molecule has 2 aromatic rings. The first-order chi connectivity index (χ1) is 6.27. The van der Waals surface area contributed by atoms with Gasteiger partial charge in [-0.25, -0.2) is 4.98 Å². The van der Waals surface area contributed by atoms with Crippen LogP contribution >= 0.6 is 11.3 Å². The largest absolute Gasteiger partial charge is 0.388 e. The number of thiazole rings is 1. The average Bonchev–Trinajstić information content (AvgIpc) is 2.45. The van der Waals surface area contributed by atoms with Gasteiger partial charge < -0.3 is 4.74 Å². The lowest BCUT2D eigenvalue weighted by molar-refractivity contribution is 0.277. The van der Waals surface area contributed by atoms with Crippen molar-refractivity contribution < 1.29 is 4.74 Å². The molecule has 1 heterocycles. The molecule has 0 amide bonds. The third-order valence-electron chi connectivity index (χ3n) is 1.40. The summed E-state index contributed by atoms with van der Waals surface area (Å²) >= 11 is 1.74. The van der Waals surface area contributed by atoms with Crippen molar-refractivity contribution >= 4 is 21.6 Å². The van der Waals surface area contributed by atoms with Gasteiger partial charge in [-0.2, -0.15) is 0 Å². The van der Waals surface area contributed by atoms with Crippen LogP contribution in [0.5, 0.6) is 0 Å². The average molecular weight is 195 g/mol. The van der Waals surface area contributed by atoms with Gasteiger partial charge in [0.15, 0.2) is 0 Å². The van der Waals surface area contributed by atoms with Crippen molar-refractivity contribution in [3.63, 3.8) is 0 Å². The lowest BCUT2D eigenvalue weighted by Gasteiger charge is -1.80. The summed E-state index contributed by atoms with van der Waals surface area (Å²) < 4.78 is 5.53. The summed E-state index contributed by atoms with van der Waals surface area (Å²) in [6.07, 6.45) is 0. The van der Waals surface area contributed by atoms with Crippen molar-refractivity contribution in [2.45, 2.75) is 6.92 Å². The van der Waals surface area contributed by atoms with E-state index >= 15 is 0 Å².